The predicted molar refractivity (Wildman–Crippen MR) is 124 cm³/mol. The van der Waals surface area contributed by atoms with E-state index in [1.54, 1.807) is 0 Å². The van der Waals surface area contributed by atoms with Gasteiger partial charge in [-0.1, -0.05) is 77.3 Å². The molecule has 0 rings (SSSR count). The lowest BCUT2D eigenvalue weighted by Crippen LogP contribution is -2.43. The maximum Gasteiger partial charge on any atom is 0.303 e. The first-order valence-corrected chi connectivity index (χ1v) is 16.8. The Bertz CT molecular complexity index is 489. The van der Waals surface area contributed by atoms with Crippen molar-refractivity contribution in [2.45, 2.75) is 77.8 Å². The Labute approximate surface area is 175 Å². The molecule has 0 fully saturated rings. The van der Waals surface area contributed by atoms with Crippen molar-refractivity contribution in [2.24, 2.45) is 0 Å². The fourth-order valence-corrected chi connectivity index (χ4v) is 4.95. The minimum atomic E-state index is -2.10. The lowest BCUT2D eigenvalue weighted by atomic mass is 10.2. The van der Waals surface area contributed by atoms with Gasteiger partial charge in [-0.3, -0.25) is 9.59 Å². The highest BCUT2D eigenvalue weighted by molar-refractivity contribution is 8.47. The summed E-state index contributed by atoms with van der Waals surface area (Å²) in [5.41, 5.74) is 0. The van der Waals surface area contributed by atoms with Crippen LogP contribution in [0.1, 0.15) is 41.5 Å². The molecule has 0 saturated carbocycles. The molecular formula is C17H34O4S3Si2. The van der Waals surface area contributed by atoms with Gasteiger partial charge in [0.1, 0.15) is 3.53 Å². The molecule has 0 N–H and O–H groups in total. The molecule has 0 unspecified atom stereocenters. The number of hydrogen-bond donors (Lipinski definition) is 0. The zero-order chi connectivity index (χ0) is 21.0. The molecule has 0 aromatic carbocycles. The number of carbonyl (C=O) groups excluding carboxylic acids is 2. The Morgan fingerprint density at radius 3 is 1.27 bits per heavy atom. The lowest BCUT2D eigenvalue weighted by molar-refractivity contribution is -0.133. The highest BCUT2D eigenvalue weighted by Crippen LogP contribution is 2.37. The number of rotatable bonds is 6. The van der Waals surface area contributed by atoms with Gasteiger partial charge in [-0.2, -0.15) is 0 Å². The van der Waals surface area contributed by atoms with E-state index in [-0.39, 0.29) is 33.5 Å². The number of carbonyl (C=O) groups is 2. The fourth-order valence-electron chi connectivity index (χ4n) is 1.21. The van der Waals surface area contributed by atoms with Crippen LogP contribution in [0.5, 0.6) is 0 Å². The minimum absolute atomic E-state index is 0.0178. The Hall–Kier alpha value is 0.164. The summed E-state index contributed by atoms with van der Waals surface area (Å²) in [5, 5.41) is -0.0355. The second-order valence-corrected chi connectivity index (χ2v) is 21.9. The molecule has 0 amide bonds. The molecule has 0 aromatic heterocycles. The van der Waals surface area contributed by atoms with E-state index >= 15 is 0 Å². The number of hydrogen-bond acceptors (Lipinski definition) is 7. The molecule has 0 aromatic rings. The van der Waals surface area contributed by atoms with Crippen molar-refractivity contribution in [3.05, 3.63) is 0 Å². The highest BCUT2D eigenvalue weighted by Gasteiger charge is 2.41. The molecule has 0 aliphatic rings. The van der Waals surface area contributed by atoms with Crippen LogP contribution >= 0.6 is 35.7 Å². The van der Waals surface area contributed by atoms with E-state index in [0.717, 1.165) is 0 Å². The van der Waals surface area contributed by atoms with Crippen molar-refractivity contribution in [3.8, 4) is 0 Å². The van der Waals surface area contributed by atoms with Crippen molar-refractivity contribution in [1.82, 2.24) is 0 Å². The summed E-state index contributed by atoms with van der Waals surface area (Å²) < 4.78 is 12.0. The van der Waals surface area contributed by atoms with E-state index in [9.17, 15) is 9.59 Å². The van der Waals surface area contributed by atoms with Crippen LogP contribution in [-0.4, -0.2) is 43.6 Å². The standard InChI is InChI=1S/C17H34O4S3Si2/c1-16(2,3)25(7,8)20-13(18)11-23-15(22)24-12-14(19)21-26(9,10)17(4,5)6/h11-12H2,1-10H3. The lowest BCUT2D eigenvalue weighted by Gasteiger charge is -2.35. The van der Waals surface area contributed by atoms with Crippen LogP contribution in [0, 0.1) is 0 Å². The van der Waals surface area contributed by atoms with Crippen molar-refractivity contribution in [1.29, 1.82) is 0 Å². The summed E-state index contributed by atoms with van der Waals surface area (Å²) in [6, 6.07) is 0. The minimum Gasteiger partial charge on any atom is -0.518 e. The van der Waals surface area contributed by atoms with E-state index in [0.29, 0.717) is 3.53 Å². The number of thiocarbonyl (C=S) groups is 1. The third-order valence-electron chi connectivity index (χ3n) is 4.97. The fraction of sp³-hybridized carbons (Fsp3) is 0.824. The molecule has 0 spiro atoms. The molecule has 4 nitrogen and oxygen atoms in total. The van der Waals surface area contributed by atoms with Gasteiger partial charge in [-0.25, -0.2) is 0 Å². The summed E-state index contributed by atoms with van der Waals surface area (Å²) >= 11 is 7.75. The van der Waals surface area contributed by atoms with Crippen molar-refractivity contribution in [2.75, 3.05) is 11.5 Å². The first-order chi connectivity index (χ1) is 11.4. The predicted octanol–water partition coefficient (Wildman–Crippen LogP) is 5.83. The van der Waals surface area contributed by atoms with E-state index in [4.69, 9.17) is 21.1 Å². The third-order valence-corrected chi connectivity index (χ3v) is 16.3. The summed E-state index contributed by atoms with van der Waals surface area (Å²) in [7, 11) is -4.21. The second-order valence-electron chi connectivity index (χ2n) is 9.30. The SMILES string of the molecule is CC(C)(C)[Si](C)(C)OC(=O)CSC(=S)SCC(=O)O[Si](C)(C)C(C)(C)C. The van der Waals surface area contributed by atoms with Gasteiger partial charge in [-0.05, 0) is 36.3 Å². The summed E-state index contributed by atoms with van der Waals surface area (Å²) in [4.78, 5) is 24.2. The molecular weight excluding hydrogens is 421 g/mol. The Morgan fingerprint density at radius 2 is 1.04 bits per heavy atom. The van der Waals surface area contributed by atoms with Gasteiger partial charge in [0.15, 0.2) is 0 Å². The Kier molecular flexibility index (Phi) is 9.64. The molecule has 26 heavy (non-hydrogen) atoms. The van der Waals surface area contributed by atoms with Gasteiger partial charge in [0.2, 0.25) is 0 Å². The molecule has 0 aliphatic carbocycles. The molecule has 0 bridgehead atoms. The van der Waals surface area contributed by atoms with Crippen molar-refractivity contribution >= 4 is 67.8 Å². The van der Waals surface area contributed by atoms with Gasteiger partial charge in [0, 0.05) is 0 Å². The summed E-state index contributed by atoms with van der Waals surface area (Å²) in [6.45, 7) is 20.7. The van der Waals surface area contributed by atoms with Crippen LogP contribution < -0.4 is 0 Å². The normalized spacial score (nSPS) is 13.3. The smallest absolute Gasteiger partial charge is 0.303 e. The van der Waals surface area contributed by atoms with E-state index < -0.39 is 16.6 Å². The monoisotopic (exact) mass is 454 g/mol. The van der Waals surface area contributed by atoms with Gasteiger partial charge in [0.05, 0.1) is 11.5 Å². The summed E-state index contributed by atoms with van der Waals surface area (Å²) in [5.74, 6) is -0.132. The maximum atomic E-state index is 12.1. The number of thioether (sulfide) groups is 2. The topological polar surface area (TPSA) is 52.6 Å². The van der Waals surface area contributed by atoms with Crippen molar-refractivity contribution in [3.63, 3.8) is 0 Å². The average molecular weight is 455 g/mol. The van der Waals surface area contributed by atoms with Gasteiger partial charge in [-0.15, -0.1) is 0 Å². The Balaban J connectivity index is 4.33. The molecule has 0 atom stereocenters. The highest BCUT2D eigenvalue weighted by atomic mass is 32.2. The summed E-state index contributed by atoms with van der Waals surface area (Å²) in [6.07, 6.45) is 0. The zero-order valence-corrected chi connectivity index (χ0v) is 22.2. The van der Waals surface area contributed by atoms with E-state index in [2.05, 4.69) is 41.5 Å². The van der Waals surface area contributed by atoms with Crippen LogP contribution in [-0.2, 0) is 18.4 Å². The van der Waals surface area contributed by atoms with Crippen LogP contribution in [0.4, 0.5) is 0 Å². The van der Waals surface area contributed by atoms with Gasteiger partial charge < -0.3 is 8.85 Å². The average Bonchev–Trinajstić information content (AvgIpc) is 2.39. The molecule has 0 heterocycles. The third kappa shape index (κ3) is 8.90. The first-order valence-electron chi connectivity index (χ1n) is 8.62. The molecule has 152 valence electrons. The largest absolute Gasteiger partial charge is 0.518 e. The quantitative estimate of drug-likeness (QED) is 0.369. The van der Waals surface area contributed by atoms with E-state index in [1.807, 2.05) is 26.2 Å². The van der Waals surface area contributed by atoms with Crippen LogP contribution in [0.3, 0.4) is 0 Å². The first kappa shape index (κ1) is 26.2. The zero-order valence-electron chi connectivity index (χ0n) is 17.8. The van der Waals surface area contributed by atoms with Crippen LogP contribution in [0.15, 0.2) is 0 Å². The van der Waals surface area contributed by atoms with Crippen molar-refractivity contribution < 1.29 is 18.4 Å². The molecule has 9 heteroatoms. The molecule has 0 radical (unpaired) electrons. The van der Waals surface area contributed by atoms with Crippen LogP contribution in [0.25, 0.3) is 0 Å². The van der Waals surface area contributed by atoms with E-state index in [1.165, 1.54) is 23.5 Å². The Morgan fingerprint density at radius 1 is 0.769 bits per heavy atom. The molecule has 0 saturated heterocycles. The maximum absolute atomic E-state index is 12.1. The molecule has 0 aliphatic heterocycles. The van der Waals surface area contributed by atoms with Gasteiger partial charge >= 0.3 is 11.9 Å². The van der Waals surface area contributed by atoms with Gasteiger partial charge in [0.25, 0.3) is 16.6 Å². The second kappa shape index (κ2) is 9.58. The van der Waals surface area contributed by atoms with Crippen LogP contribution in [0.2, 0.25) is 36.3 Å².